The molecule has 4 nitrogen and oxygen atoms in total. The van der Waals surface area contributed by atoms with E-state index in [4.69, 9.17) is 0 Å². The molecule has 0 saturated carbocycles. The van der Waals surface area contributed by atoms with E-state index in [0.717, 1.165) is 6.07 Å². The normalized spacial score (nSPS) is 10.6. The van der Waals surface area contributed by atoms with Gasteiger partial charge in [-0.1, -0.05) is 15.9 Å². The van der Waals surface area contributed by atoms with Crippen molar-refractivity contribution >= 4 is 27.3 Å². The molecule has 0 atom stereocenters. The lowest BCUT2D eigenvalue weighted by atomic mass is 10.2. The van der Waals surface area contributed by atoms with Gasteiger partial charge >= 0.3 is 5.69 Å². The summed E-state index contributed by atoms with van der Waals surface area (Å²) in [6, 6.07) is 2.06. The van der Waals surface area contributed by atoms with Gasteiger partial charge < -0.3 is 5.32 Å². The van der Waals surface area contributed by atoms with Crippen LogP contribution in [0.5, 0.6) is 0 Å². The Balaban J connectivity index is 3.09. The molecule has 0 unspecified atom stereocenters. The lowest BCUT2D eigenvalue weighted by Gasteiger charge is -2.07. The Hall–Kier alpha value is -1.31. The van der Waals surface area contributed by atoms with Crippen molar-refractivity contribution in [3.05, 3.63) is 32.5 Å². The van der Waals surface area contributed by atoms with Crippen LogP contribution in [0.2, 0.25) is 0 Å². The van der Waals surface area contributed by atoms with Gasteiger partial charge in [-0.15, -0.1) is 0 Å². The highest BCUT2D eigenvalue weighted by molar-refractivity contribution is 9.10. The van der Waals surface area contributed by atoms with Crippen molar-refractivity contribution in [3.8, 4) is 0 Å². The van der Waals surface area contributed by atoms with Crippen LogP contribution < -0.4 is 5.32 Å². The standard InChI is InChI=1S/C8H6BrF3N2O2/c9-4-1-5(10)8(14(15)16)6(2-4)13-3-7(11)12/h1-2,7,13H,3H2. The van der Waals surface area contributed by atoms with Gasteiger partial charge in [0.25, 0.3) is 6.43 Å². The van der Waals surface area contributed by atoms with Crippen LogP contribution >= 0.6 is 15.9 Å². The van der Waals surface area contributed by atoms with E-state index in [1.807, 2.05) is 0 Å². The predicted molar refractivity (Wildman–Crippen MR) is 55.2 cm³/mol. The number of halogens is 4. The highest BCUT2D eigenvalue weighted by Crippen LogP contribution is 2.31. The third-order valence-electron chi connectivity index (χ3n) is 1.66. The monoisotopic (exact) mass is 298 g/mol. The molecule has 1 rings (SSSR count). The smallest absolute Gasteiger partial charge is 0.327 e. The first kappa shape index (κ1) is 12.8. The summed E-state index contributed by atoms with van der Waals surface area (Å²) in [6.45, 7) is -0.781. The Morgan fingerprint density at radius 2 is 2.12 bits per heavy atom. The van der Waals surface area contributed by atoms with Gasteiger partial charge in [0.15, 0.2) is 0 Å². The first-order valence-electron chi connectivity index (χ1n) is 4.07. The second kappa shape index (κ2) is 5.15. The van der Waals surface area contributed by atoms with Crippen molar-refractivity contribution < 1.29 is 18.1 Å². The van der Waals surface area contributed by atoms with Crippen molar-refractivity contribution in [3.63, 3.8) is 0 Å². The number of hydrogen-bond donors (Lipinski definition) is 1. The number of anilines is 1. The van der Waals surface area contributed by atoms with Gasteiger partial charge in [0, 0.05) is 4.47 Å². The van der Waals surface area contributed by atoms with E-state index in [1.54, 1.807) is 0 Å². The van der Waals surface area contributed by atoms with Crippen LogP contribution in [-0.4, -0.2) is 17.9 Å². The Bertz CT molecular complexity index is 415. The lowest BCUT2D eigenvalue weighted by molar-refractivity contribution is -0.386. The van der Waals surface area contributed by atoms with E-state index in [9.17, 15) is 23.3 Å². The average molecular weight is 299 g/mol. The number of hydrogen-bond acceptors (Lipinski definition) is 3. The summed E-state index contributed by atoms with van der Waals surface area (Å²) in [5, 5.41) is 12.6. The minimum Gasteiger partial charge on any atom is -0.374 e. The van der Waals surface area contributed by atoms with Crippen LogP contribution in [-0.2, 0) is 0 Å². The van der Waals surface area contributed by atoms with Crippen LogP contribution in [0, 0.1) is 15.9 Å². The summed E-state index contributed by atoms with van der Waals surface area (Å²) in [6.07, 6.45) is -2.68. The van der Waals surface area contributed by atoms with Gasteiger partial charge in [0.1, 0.15) is 5.69 Å². The number of benzene rings is 1. The number of rotatable bonds is 4. The molecule has 1 N–H and O–H groups in total. The van der Waals surface area contributed by atoms with Crippen LogP contribution in [0.3, 0.4) is 0 Å². The highest BCUT2D eigenvalue weighted by Gasteiger charge is 2.21. The molecule has 0 heterocycles. The van der Waals surface area contributed by atoms with Crippen molar-refractivity contribution in [1.82, 2.24) is 0 Å². The maximum atomic E-state index is 13.2. The maximum Gasteiger partial charge on any atom is 0.327 e. The van der Waals surface area contributed by atoms with Crippen LogP contribution in [0.1, 0.15) is 0 Å². The van der Waals surface area contributed by atoms with Crippen molar-refractivity contribution in [2.24, 2.45) is 0 Å². The SMILES string of the molecule is O=[N+]([O-])c1c(F)cc(Br)cc1NCC(F)F. The molecule has 0 spiro atoms. The van der Waals surface area contributed by atoms with E-state index >= 15 is 0 Å². The van der Waals surface area contributed by atoms with Gasteiger partial charge in [-0.2, -0.15) is 4.39 Å². The number of nitro benzene ring substituents is 1. The number of nitro groups is 1. The number of nitrogens with zero attached hydrogens (tertiary/aromatic N) is 1. The van der Waals surface area contributed by atoms with Gasteiger partial charge in [0.2, 0.25) is 5.82 Å². The molecule has 0 saturated heterocycles. The summed E-state index contributed by atoms with van der Waals surface area (Å²) in [5.74, 6) is -1.09. The lowest BCUT2D eigenvalue weighted by Crippen LogP contribution is -2.12. The third kappa shape index (κ3) is 3.09. The van der Waals surface area contributed by atoms with Crippen LogP contribution in [0.15, 0.2) is 16.6 Å². The van der Waals surface area contributed by atoms with Crippen molar-refractivity contribution in [2.75, 3.05) is 11.9 Å². The first-order valence-corrected chi connectivity index (χ1v) is 4.86. The van der Waals surface area contributed by atoms with Gasteiger partial charge in [0.05, 0.1) is 11.5 Å². The molecule has 0 aliphatic rings. The van der Waals surface area contributed by atoms with Gasteiger partial charge in [-0.3, -0.25) is 10.1 Å². The predicted octanol–water partition coefficient (Wildman–Crippen LogP) is 3.17. The molecule has 0 radical (unpaired) electrons. The average Bonchev–Trinajstić information content (AvgIpc) is 2.12. The van der Waals surface area contributed by atoms with Crippen molar-refractivity contribution in [2.45, 2.75) is 6.43 Å². The third-order valence-corrected chi connectivity index (χ3v) is 2.12. The van der Waals surface area contributed by atoms with Crippen LogP contribution in [0.25, 0.3) is 0 Å². The zero-order valence-electron chi connectivity index (χ0n) is 7.71. The second-order valence-corrected chi connectivity index (χ2v) is 3.73. The zero-order valence-corrected chi connectivity index (χ0v) is 9.30. The fourth-order valence-electron chi connectivity index (χ4n) is 1.07. The van der Waals surface area contributed by atoms with E-state index in [1.165, 1.54) is 6.07 Å². The highest BCUT2D eigenvalue weighted by atomic mass is 79.9. The summed E-state index contributed by atoms with van der Waals surface area (Å²) in [4.78, 5) is 9.56. The summed E-state index contributed by atoms with van der Waals surface area (Å²) < 4.78 is 37.2. The maximum absolute atomic E-state index is 13.2. The number of alkyl halides is 2. The number of nitrogens with one attached hydrogen (secondary N) is 1. The molecule has 1 aromatic carbocycles. The summed E-state index contributed by atoms with van der Waals surface area (Å²) in [5.41, 5.74) is -1.12. The summed E-state index contributed by atoms with van der Waals surface area (Å²) in [7, 11) is 0. The van der Waals surface area contributed by atoms with Crippen LogP contribution in [0.4, 0.5) is 24.5 Å². The Morgan fingerprint density at radius 3 is 2.62 bits per heavy atom. The molecule has 1 aromatic rings. The molecule has 88 valence electrons. The Labute approximate surface area is 96.7 Å². The molecular formula is C8H6BrF3N2O2. The quantitative estimate of drug-likeness (QED) is 0.686. The van der Waals surface area contributed by atoms with Crippen molar-refractivity contribution in [1.29, 1.82) is 0 Å². The van der Waals surface area contributed by atoms with E-state index in [2.05, 4.69) is 21.2 Å². The topological polar surface area (TPSA) is 55.2 Å². The fraction of sp³-hybridized carbons (Fsp3) is 0.250. The molecule has 0 aromatic heterocycles. The Morgan fingerprint density at radius 1 is 1.50 bits per heavy atom. The zero-order chi connectivity index (χ0) is 12.3. The van der Waals surface area contributed by atoms with E-state index < -0.39 is 29.4 Å². The molecule has 0 bridgehead atoms. The van der Waals surface area contributed by atoms with E-state index in [0.29, 0.717) is 0 Å². The Kier molecular flexibility index (Phi) is 4.11. The minimum atomic E-state index is -2.68. The van der Waals surface area contributed by atoms with E-state index in [-0.39, 0.29) is 10.2 Å². The molecule has 8 heteroatoms. The second-order valence-electron chi connectivity index (χ2n) is 2.81. The van der Waals surface area contributed by atoms with Gasteiger partial charge in [-0.05, 0) is 12.1 Å². The van der Waals surface area contributed by atoms with Gasteiger partial charge in [-0.25, -0.2) is 8.78 Å². The molecule has 16 heavy (non-hydrogen) atoms. The molecule has 0 fully saturated rings. The molecule has 0 aliphatic carbocycles. The largest absolute Gasteiger partial charge is 0.374 e. The molecule has 0 amide bonds. The molecule has 0 aliphatic heterocycles. The fourth-order valence-corrected chi connectivity index (χ4v) is 1.50. The minimum absolute atomic E-state index is 0.229. The molecular weight excluding hydrogens is 293 g/mol. The first-order chi connectivity index (χ1) is 7.41. The summed E-state index contributed by atoms with van der Waals surface area (Å²) >= 11 is 2.91.